The molecule has 0 saturated heterocycles. The topological polar surface area (TPSA) is 310 Å². The van der Waals surface area contributed by atoms with Gasteiger partial charge in [-0.25, -0.2) is 4.79 Å². The molecule has 39 heavy (non-hydrogen) atoms. The predicted molar refractivity (Wildman–Crippen MR) is 146 cm³/mol. The molecular weight excluding hydrogens is 512 g/mol. The molecule has 16 N–H and O–H groups in total. The molecule has 0 fully saturated rings. The van der Waals surface area contributed by atoms with E-state index in [9.17, 15) is 29.1 Å². The minimum Gasteiger partial charge on any atom is -0.480 e. The molecule has 0 rings (SSSR count). The number of unbranched alkanes of at least 4 members (excludes halogenated alkanes) is 2. The van der Waals surface area contributed by atoms with Gasteiger partial charge in [0.2, 0.25) is 23.6 Å². The third kappa shape index (κ3) is 16.9. The van der Waals surface area contributed by atoms with Gasteiger partial charge in [0.15, 0.2) is 5.96 Å². The highest BCUT2D eigenvalue weighted by atomic mass is 16.4. The number of aliphatic carboxylic acids is 1. The average Bonchev–Trinajstić information content (AvgIpc) is 2.86. The summed E-state index contributed by atoms with van der Waals surface area (Å²) in [5, 5.41) is 17.0. The van der Waals surface area contributed by atoms with Gasteiger partial charge in [-0.05, 0) is 64.5 Å². The molecule has 224 valence electrons. The Hall–Kier alpha value is -3.50. The minimum absolute atomic E-state index is 0.0541. The summed E-state index contributed by atoms with van der Waals surface area (Å²) in [6, 6.07) is -4.45. The monoisotopic (exact) mass is 558 g/mol. The van der Waals surface area contributed by atoms with Crippen molar-refractivity contribution in [3.05, 3.63) is 0 Å². The minimum atomic E-state index is -1.41. The largest absolute Gasteiger partial charge is 0.480 e. The first-order valence-electron chi connectivity index (χ1n) is 13.1. The number of guanidine groups is 1. The second-order valence-electron chi connectivity index (χ2n) is 9.15. The number of nitrogens with one attached hydrogen (secondary N) is 3. The van der Waals surface area contributed by atoms with Crippen LogP contribution in [0, 0.1) is 0 Å². The van der Waals surface area contributed by atoms with Crippen LogP contribution in [-0.2, 0) is 24.0 Å². The Balaban J connectivity index is 5.62. The molecule has 16 nitrogen and oxygen atoms in total. The number of rotatable bonds is 22. The van der Waals surface area contributed by atoms with Crippen molar-refractivity contribution < 1.29 is 29.1 Å². The van der Waals surface area contributed by atoms with Crippen LogP contribution in [0.1, 0.15) is 64.2 Å². The molecule has 4 amide bonds. The lowest BCUT2D eigenvalue weighted by molar-refractivity contribution is -0.142. The van der Waals surface area contributed by atoms with Crippen molar-refractivity contribution in [2.75, 3.05) is 19.6 Å². The van der Waals surface area contributed by atoms with Crippen LogP contribution in [0.4, 0.5) is 0 Å². The van der Waals surface area contributed by atoms with Crippen LogP contribution in [0.25, 0.3) is 0 Å². The number of primary amides is 1. The molecule has 0 aliphatic carbocycles. The quantitative estimate of drug-likeness (QED) is 0.0352. The van der Waals surface area contributed by atoms with Crippen LogP contribution in [0.2, 0.25) is 0 Å². The van der Waals surface area contributed by atoms with Gasteiger partial charge in [-0.1, -0.05) is 6.42 Å². The molecule has 0 radical (unpaired) electrons. The lowest BCUT2D eigenvalue weighted by Crippen LogP contribution is -2.57. The summed E-state index contributed by atoms with van der Waals surface area (Å²) in [4.78, 5) is 65.4. The second-order valence-corrected chi connectivity index (χ2v) is 9.15. The molecule has 4 unspecified atom stereocenters. The third-order valence-electron chi connectivity index (χ3n) is 5.76. The van der Waals surface area contributed by atoms with Crippen molar-refractivity contribution >= 4 is 35.6 Å². The maximum Gasteiger partial charge on any atom is 0.326 e. The van der Waals surface area contributed by atoms with Crippen LogP contribution in [0.5, 0.6) is 0 Å². The first-order valence-corrected chi connectivity index (χ1v) is 13.1. The van der Waals surface area contributed by atoms with E-state index in [2.05, 4.69) is 20.9 Å². The number of carbonyl (C=O) groups excluding carboxylic acids is 4. The Morgan fingerprint density at radius 2 is 1.15 bits per heavy atom. The molecule has 0 aliphatic heterocycles. The normalized spacial score (nSPS) is 13.8. The van der Waals surface area contributed by atoms with E-state index < -0.39 is 53.8 Å². The van der Waals surface area contributed by atoms with Gasteiger partial charge in [-0.15, -0.1) is 0 Å². The van der Waals surface area contributed by atoms with Gasteiger partial charge >= 0.3 is 5.97 Å². The molecular formula is C23H46N10O6. The highest BCUT2D eigenvalue weighted by Crippen LogP contribution is 2.07. The summed E-state index contributed by atoms with van der Waals surface area (Å²) in [6.45, 7) is 1.01. The molecule has 16 heteroatoms. The van der Waals surface area contributed by atoms with Crippen LogP contribution in [0.3, 0.4) is 0 Å². The Labute approximate surface area is 228 Å². The molecule has 0 bridgehead atoms. The van der Waals surface area contributed by atoms with Gasteiger partial charge in [-0.3, -0.25) is 24.2 Å². The average molecular weight is 559 g/mol. The molecule has 4 atom stereocenters. The number of nitrogens with zero attached hydrogens (tertiary/aromatic N) is 1. The van der Waals surface area contributed by atoms with Crippen molar-refractivity contribution in [1.29, 1.82) is 0 Å². The first-order chi connectivity index (χ1) is 18.4. The zero-order chi connectivity index (χ0) is 29.8. The van der Waals surface area contributed by atoms with E-state index in [0.29, 0.717) is 45.2 Å². The van der Waals surface area contributed by atoms with Gasteiger partial charge < -0.3 is 55.5 Å². The van der Waals surface area contributed by atoms with Gasteiger partial charge in [0.1, 0.15) is 18.1 Å². The summed E-state index contributed by atoms with van der Waals surface area (Å²) in [5.41, 5.74) is 32.7. The van der Waals surface area contributed by atoms with Crippen LogP contribution < -0.4 is 50.4 Å². The highest BCUT2D eigenvalue weighted by molar-refractivity contribution is 5.94. The van der Waals surface area contributed by atoms with E-state index in [1.54, 1.807) is 0 Å². The summed E-state index contributed by atoms with van der Waals surface area (Å²) in [6.07, 6.45) is 2.93. The number of nitrogens with two attached hydrogens (primary N) is 6. The van der Waals surface area contributed by atoms with E-state index in [0.717, 1.165) is 0 Å². The zero-order valence-electron chi connectivity index (χ0n) is 22.4. The molecule has 0 aromatic heterocycles. The third-order valence-corrected chi connectivity index (χ3v) is 5.76. The molecule has 0 aromatic rings. The second kappa shape index (κ2) is 20.5. The molecule has 0 heterocycles. The number of carboxylic acids is 1. The lowest BCUT2D eigenvalue weighted by Gasteiger charge is -2.25. The fraction of sp³-hybridized carbons (Fsp3) is 0.739. The van der Waals surface area contributed by atoms with Crippen molar-refractivity contribution in [3.63, 3.8) is 0 Å². The Bertz CT molecular complexity index is 821. The van der Waals surface area contributed by atoms with E-state index in [4.69, 9.17) is 34.4 Å². The maximum absolute atomic E-state index is 13.2. The fourth-order valence-electron chi connectivity index (χ4n) is 3.54. The summed E-state index contributed by atoms with van der Waals surface area (Å²) in [7, 11) is 0. The fourth-order valence-corrected chi connectivity index (χ4v) is 3.54. The Morgan fingerprint density at radius 3 is 1.64 bits per heavy atom. The van der Waals surface area contributed by atoms with Crippen LogP contribution in [0.15, 0.2) is 4.99 Å². The summed E-state index contributed by atoms with van der Waals surface area (Å²) in [5.74, 6) is -4.22. The summed E-state index contributed by atoms with van der Waals surface area (Å²) >= 11 is 0. The van der Waals surface area contributed by atoms with Crippen LogP contribution >= 0.6 is 0 Å². The van der Waals surface area contributed by atoms with E-state index in [-0.39, 0.29) is 44.6 Å². The predicted octanol–water partition coefficient (Wildman–Crippen LogP) is -3.57. The van der Waals surface area contributed by atoms with E-state index in [1.165, 1.54) is 0 Å². The smallest absolute Gasteiger partial charge is 0.326 e. The number of hydrogen-bond donors (Lipinski definition) is 10. The van der Waals surface area contributed by atoms with Crippen molar-refractivity contribution in [2.24, 2.45) is 39.4 Å². The van der Waals surface area contributed by atoms with E-state index >= 15 is 0 Å². The van der Waals surface area contributed by atoms with E-state index in [1.807, 2.05) is 0 Å². The van der Waals surface area contributed by atoms with Crippen molar-refractivity contribution in [1.82, 2.24) is 16.0 Å². The van der Waals surface area contributed by atoms with Gasteiger partial charge in [-0.2, -0.15) is 0 Å². The van der Waals surface area contributed by atoms with Crippen molar-refractivity contribution in [2.45, 2.75) is 88.4 Å². The SMILES string of the molecule is NCCCCC(N)C(=O)NC(CCCCN)C(=O)NC(CCCN=C(N)N)C(=O)NC(CCC(N)=O)C(=O)O. The molecule has 0 saturated carbocycles. The van der Waals surface area contributed by atoms with Gasteiger partial charge in [0.05, 0.1) is 6.04 Å². The Kier molecular flexibility index (Phi) is 18.6. The van der Waals surface area contributed by atoms with Crippen molar-refractivity contribution in [3.8, 4) is 0 Å². The van der Waals surface area contributed by atoms with Gasteiger partial charge in [0.25, 0.3) is 0 Å². The number of amides is 4. The van der Waals surface area contributed by atoms with Crippen LogP contribution in [-0.4, -0.2) is 84.5 Å². The molecule has 0 aromatic carbocycles. The lowest BCUT2D eigenvalue weighted by atomic mass is 10.0. The Morgan fingerprint density at radius 1 is 0.667 bits per heavy atom. The standard InChI is InChI=1S/C23H46N10O6/c24-11-3-1-6-14(26)19(35)31-15(7-2-4-12-25)20(36)32-16(8-5-13-30-23(28)29)21(37)33-17(22(38)39)9-10-18(27)34/h14-17H,1-13,24-26H2,(H2,27,34)(H,31,35)(H,32,36)(H,33,37)(H,38,39)(H4,28,29,30). The number of carboxylic acid groups (broad SMARTS) is 1. The van der Waals surface area contributed by atoms with Gasteiger partial charge in [0, 0.05) is 13.0 Å². The maximum atomic E-state index is 13.2. The number of aliphatic imine (C=N–C) groups is 1. The molecule has 0 spiro atoms. The molecule has 0 aliphatic rings. The zero-order valence-corrected chi connectivity index (χ0v) is 22.4. The highest BCUT2D eigenvalue weighted by Gasteiger charge is 2.30. The number of hydrogen-bond acceptors (Lipinski definition) is 9. The number of carbonyl (C=O) groups is 5. The first kappa shape index (κ1) is 35.5. The summed E-state index contributed by atoms with van der Waals surface area (Å²) < 4.78 is 0.